The van der Waals surface area contributed by atoms with Crippen LogP contribution in [0.15, 0.2) is 16.5 Å². The highest BCUT2D eigenvalue weighted by Crippen LogP contribution is 2.50. The molecule has 0 radical (unpaired) electrons. The van der Waals surface area contributed by atoms with E-state index in [-0.39, 0.29) is 17.5 Å². The molecule has 154 valence electrons. The Morgan fingerprint density at radius 3 is 2.72 bits per heavy atom. The van der Waals surface area contributed by atoms with Crippen molar-refractivity contribution in [2.45, 2.75) is 76.2 Å². The molecule has 2 amide bonds. The molecular weight excluding hydrogens is 362 g/mol. The number of fused-ring (bicyclic) bond motifs is 5. The van der Waals surface area contributed by atoms with Gasteiger partial charge >= 0.3 is 6.03 Å². The van der Waals surface area contributed by atoms with Crippen molar-refractivity contribution in [3.63, 3.8) is 0 Å². The molecule has 2 bridgehead atoms. The smallest absolute Gasteiger partial charge is 0.320 e. The fraction of sp³-hybridized carbons (Fsp3) is 0.667. The summed E-state index contributed by atoms with van der Waals surface area (Å²) in [5.74, 6) is 1.90. The second-order valence-corrected chi connectivity index (χ2v) is 10.1. The molecule has 1 saturated carbocycles. The number of benzene rings is 1. The number of hydrogen-bond donors (Lipinski definition) is 0. The molecule has 2 aliphatic carbocycles. The molecule has 2 saturated heterocycles. The third-order valence-electron chi connectivity index (χ3n) is 8.33. The van der Waals surface area contributed by atoms with Crippen molar-refractivity contribution in [3.05, 3.63) is 29.2 Å². The highest BCUT2D eigenvalue weighted by atomic mass is 16.3. The van der Waals surface area contributed by atoms with Crippen LogP contribution in [0.4, 0.5) is 4.79 Å². The predicted molar refractivity (Wildman–Crippen MR) is 112 cm³/mol. The van der Waals surface area contributed by atoms with Crippen LogP contribution >= 0.6 is 0 Å². The van der Waals surface area contributed by atoms with Crippen LogP contribution in [-0.4, -0.2) is 46.5 Å². The molecule has 2 aromatic rings. The summed E-state index contributed by atoms with van der Waals surface area (Å²) in [6.45, 7) is 7.46. The van der Waals surface area contributed by atoms with Gasteiger partial charge in [0.25, 0.3) is 0 Å². The van der Waals surface area contributed by atoms with Crippen LogP contribution in [0.25, 0.3) is 11.1 Å². The van der Waals surface area contributed by atoms with Crippen molar-refractivity contribution in [1.29, 1.82) is 0 Å². The summed E-state index contributed by atoms with van der Waals surface area (Å²) in [5, 5.41) is 0. The maximum Gasteiger partial charge on any atom is 0.320 e. The topological polar surface area (TPSA) is 49.6 Å². The molecule has 4 aliphatic rings. The van der Waals surface area contributed by atoms with Gasteiger partial charge in [-0.3, -0.25) is 0 Å². The third kappa shape index (κ3) is 2.65. The van der Waals surface area contributed by atoms with Crippen LogP contribution in [-0.2, 0) is 11.8 Å². The van der Waals surface area contributed by atoms with E-state index < -0.39 is 0 Å². The Hall–Kier alpha value is -2.04. The molecule has 6 rings (SSSR count). The van der Waals surface area contributed by atoms with Gasteiger partial charge in [-0.15, -0.1) is 0 Å². The van der Waals surface area contributed by atoms with Crippen LogP contribution in [0.3, 0.4) is 0 Å². The molecule has 3 atom stereocenters. The van der Waals surface area contributed by atoms with Gasteiger partial charge in [0, 0.05) is 31.6 Å². The van der Waals surface area contributed by atoms with Crippen LogP contribution < -0.4 is 0 Å². The van der Waals surface area contributed by atoms with Gasteiger partial charge in [-0.25, -0.2) is 9.78 Å². The van der Waals surface area contributed by atoms with Crippen LogP contribution in [0, 0.1) is 5.92 Å². The minimum Gasteiger partial charge on any atom is -0.440 e. The molecular formula is C24H31N3O2. The van der Waals surface area contributed by atoms with Crippen molar-refractivity contribution < 1.29 is 9.21 Å². The number of piperidine rings is 2. The lowest BCUT2D eigenvalue weighted by atomic mass is 9.59. The zero-order chi connectivity index (χ0) is 19.8. The Bertz CT molecular complexity index is 972. The SMILES string of the molecule is C[C@@H]1[C@H]2Cc3cc4nc(C5CC5)oc4cc3[C@]1(C)CCN2C(=O)N1CCCCC1. The molecule has 0 unspecified atom stereocenters. The molecule has 5 nitrogen and oxygen atoms in total. The zero-order valence-corrected chi connectivity index (χ0v) is 17.6. The summed E-state index contributed by atoms with van der Waals surface area (Å²) < 4.78 is 6.13. The summed E-state index contributed by atoms with van der Waals surface area (Å²) in [4.78, 5) is 22.4. The van der Waals surface area contributed by atoms with E-state index in [1.807, 2.05) is 0 Å². The van der Waals surface area contributed by atoms with Gasteiger partial charge in [-0.1, -0.05) is 13.8 Å². The summed E-state index contributed by atoms with van der Waals surface area (Å²) in [7, 11) is 0. The van der Waals surface area contributed by atoms with E-state index in [9.17, 15) is 4.79 Å². The maximum atomic E-state index is 13.3. The van der Waals surface area contributed by atoms with E-state index >= 15 is 0 Å². The van der Waals surface area contributed by atoms with Crippen LogP contribution in [0.1, 0.15) is 75.3 Å². The highest BCUT2D eigenvalue weighted by Gasteiger charge is 2.50. The van der Waals surface area contributed by atoms with E-state index in [2.05, 4.69) is 35.8 Å². The number of aromatic nitrogens is 1. The zero-order valence-electron chi connectivity index (χ0n) is 17.6. The molecule has 5 heteroatoms. The van der Waals surface area contributed by atoms with Gasteiger partial charge in [0.1, 0.15) is 5.52 Å². The minimum atomic E-state index is 0.0949. The average Bonchev–Trinajstić information content (AvgIpc) is 3.50. The summed E-state index contributed by atoms with van der Waals surface area (Å²) in [5.41, 5.74) is 4.84. The second kappa shape index (κ2) is 6.23. The second-order valence-electron chi connectivity index (χ2n) is 10.1. The largest absolute Gasteiger partial charge is 0.440 e. The summed E-state index contributed by atoms with van der Waals surface area (Å²) in [6, 6.07) is 5.08. The van der Waals surface area contributed by atoms with Crippen molar-refractivity contribution >= 4 is 17.1 Å². The van der Waals surface area contributed by atoms with Gasteiger partial charge in [0.2, 0.25) is 0 Å². The van der Waals surface area contributed by atoms with E-state index in [0.717, 1.165) is 62.3 Å². The Kier molecular flexibility index (Phi) is 3.82. The first-order valence-corrected chi connectivity index (χ1v) is 11.5. The first-order valence-electron chi connectivity index (χ1n) is 11.5. The number of rotatable bonds is 1. The standard InChI is InChI=1S/C24H31N3O2/c1-15-20-13-17-12-19-21(29-22(25-19)16-6-7-16)14-18(17)24(15,2)8-11-27(20)23(28)26-9-4-3-5-10-26/h12,14-16,20H,3-11,13H2,1-2H3/t15-,20-,24-/m1/s1. The van der Waals surface area contributed by atoms with E-state index in [1.165, 1.54) is 30.4 Å². The third-order valence-corrected chi connectivity index (χ3v) is 8.33. The average molecular weight is 394 g/mol. The fourth-order valence-electron chi connectivity index (χ4n) is 6.08. The van der Waals surface area contributed by atoms with E-state index in [1.54, 1.807) is 0 Å². The highest BCUT2D eigenvalue weighted by molar-refractivity contribution is 5.78. The number of oxazole rings is 1. The lowest BCUT2D eigenvalue weighted by Gasteiger charge is -2.55. The van der Waals surface area contributed by atoms with Crippen molar-refractivity contribution in [2.75, 3.05) is 19.6 Å². The Morgan fingerprint density at radius 1 is 1.17 bits per heavy atom. The first kappa shape index (κ1) is 17.8. The normalized spacial score (nSPS) is 31.8. The number of carbonyl (C=O) groups is 1. The predicted octanol–water partition coefficient (Wildman–Crippen LogP) is 4.84. The quantitative estimate of drug-likeness (QED) is 0.697. The van der Waals surface area contributed by atoms with Crippen molar-refractivity contribution in [3.8, 4) is 0 Å². The van der Waals surface area contributed by atoms with E-state index in [4.69, 9.17) is 9.40 Å². The first-order chi connectivity index (χ1) is 14.0. The maximum absolute atomic E-state index is 13.3. The molecule has 3 heterocycles. The number of likely N-dealkylation sites (tertiary alicyclic amines) is 2. The Labute approximate surface area is 172 Å². The number of hydrogen-bond acceptors (Lipinski definition) is 3. The molecule has 1 aromatic heterocycles. The van der Waals surface area contributed by atoms with Gasteiger partial charge in [-0.05, 0) is 79.5 Å². The van der Waals surface area contributed by atoms with Gasteiger partial charge < -0.3 is 14.2 Å². The van der Waals surface area contributed by atoms with E-state index in [0.29, 0.717) is 11.8 Å². The number of carbonyl (C=O) groups excluding carboxylic acids is 1. The Morgan fingerprint density at radius 2 is 1.97 bits per heavy atom. The molecule has 3 fully saturated rings. The van der Waals surface area contributed by atoms with Crippen molar-refractivity contribution in [2.24, 2.45) is 5.92 Å². The summed E-state index contributed by atoms with van der Waals surface area (Å²) >= 11 is 0. The fourth-order valence-corrected chi connectivity index (χ4v) is 6.08. The number of nitrogens with zero attached hydrogens (tertiary/aromatic N) is 3. The van der Waals surface area contributed by atoms with Crippen LogP contribution in [0.2, 0.25) is 0 Å². The van der Waals surface area contributed by atoms with Gasteiger partial charge in [0.15, 0.2) is 11.5 Å². The van der Waals surface area contributed by atoms with Gasteiger partial charge in [0.05, 0.1) is 0 Å². The van der Waals surface area contributed by atoms with Gasteiger partial charge in [-0.2, -0.15) is 0 Å². The molecule has 1 aromatic carbocycles. The lowest BCUT2D eigenvalue weighted by molar-refractivity contribution is 0.0386. The lowest BCUT2D eigenvalue weighted by Crippen LogP contribution is -2.62. The van der Waals surface area contributed by atoms with Crippen LogP contribution in [0.5, 0.6) is 0 Å². The molecule has 0 N–H and O–H groups in total. The molecule has 2 aliphatic heterocycles. The Balaban J connectivity index is 1.36. The number of amides is 2. The number of urea groups is 1. The molecule has 0 spiro atoms. The van der Waals surface area contributed by atoms with Crippen molar-refractivity contribution in [1.82, 2.24) is 14.8 Å². The summed E-state index contributed by atoms with van der Waals surface area (Å²) in [6.07, 6.45) is 7.92. The minimum absolute atomic E-state index is 0.0949. The molecule has 29 heavy (non-hydrogen) atoms. The monoisotopic (exact) mass is 393 g/mol.